The van der Waals surface area contributed by atoms with E-state index in [0.717, 1.165) is 18.8 Å². The molecule has 0 bridgehead atoms. The van der Waals surface area contributed by atoms with Crippen molar-refractivity contribution in [1.82, 2.24) is 4.90 Å². The fourth-order valence-corrected chi connectivity index (χ4v) is 2.55. The third-order valence-corrected chi connectivity index (χ3v) is 3.88. The number of likely N-dealkylation sites (tertiary alicyclic amines) is 1. The summed E-state index contributed by atoms with van der Waals surface area (Å²) >= 11 is 3.16. The molecule has 0 aromatic heterocycles. The van der Waals surface area contributed by atoms with Gasteiger partial charge in [-0.15, -0.1) is 0 Å². The molecule has 0 aliphatic carbocycles. The van der Waals surface area contributed by atoms with E-state index in [2.05, 4.69) is 33.2 Å². The predicted molar refractivity (Wildman–Crippen MR) is 72.8 cm³/mol. The van der Waals surface area contributed by atoms with Crippen LogP contribution in [-0.2, 0) is 0 Å². The van der Waals surface area contributed by atoms with Crippen LogP contribution in [0.4, 0.5) is 10.1 Å². The fourth-order valence-electron chi connectivity index (χ4n) is 2.31. The van der Waals surface area contributed by atoms with E-state index >= 15 is 0 Å². The van der Waals surface area contributed by atoms with E-state index in [1.807, 2.05) is 6.07 Å². The summed E-state index contributed by atoms with van der Waals surface area (Å²) < 4.78 is 13.8. The van der Waals surface area contributed by atoms with E-state index in [1.165, 1.54) is 25.5 Å². The number of halogens is 2. The number of nitrogens with zero attached hydrogens (tertiary/aromatic N) is 1. The molecule has 1 N–H and O–H groups in total. The molecule has 2 nitrogen and oxygen atoms in total. The maximum absolute atomic E-state index is 13.3. The van der Waals surface area contributed by atoms with Gasteiger partial charge in [-0.25, -0.2) is 4.39 Å². The second kappa shape index (κ2) is 5.83. The Balaban J connectivity index is 1.86. The zero-order chi connectivity index (χ0) is 12.3. The van der Waals surface area contributed by atoms with Gasteiger partial charge in [-0.05, 0) is 66.5 Å². The van der Waals surface area contributed by atoms with Crippen molar-refractivity contribution in [3.63, 3.8) is 0 Å². The summed E-state index contributed by atoms with van der Waals surface area (Å²) in [5, 5.41) is 3.32. The first-order chi connectivity index (χ1) is 8.15. The molecule has 1 atom stereocenters. The Morgan fingerprint density at radius 2 is 2.35 bits per heavy atom. The highest BCUT2D eigenvalue weighted by atomic mass is 79.9. The first-order valence-corrected chi connectivity index (χ1v) is 6.82. The average molecular weight is 301 g/mol. The maximum Gasteiger partial charge on any atom is 0.139 e. The molecule has 4 heteroatoms. The normalized spacial score (nSPS) is 21.5. The lowest BCUT2D eigenvalue weighted by atomic mass is 9.98. The van der Waals surface area contributed by atoms with Gasteiger partial charge in [0.2, 0.25) is 0 Å². The molecule has 1 unspecified atom stereocenters. The lowest BCUT2D eigenvalue weighted by Gasteiger charge is -2.29. The van der Waals surface area contributed by atoms with Gasteiger partial charge in [0.05, 0.1) is 4.47 Å². The second-order valence-electron chi connectivity index (χ2n) is 4.78. The molecule has 1 heterocycles. The molecule has 1 aromatic rings. The summed E-state index contributed by atoms with van der Waals surface area (Å²) in [5.41, 5.74) is 0.860. The second-order valence-corrected chi connectivity index (χ2v) is 5.63. The Morgan fingerprint density at radius 1 is 1.53 bits per heavy atom. The summed E-state index contributed by atoms with van der Waals surface area (Å²) in [6.45, 7) is 3.25. The molecular formula is C13H18BrFN2. The highest BCUT2D eigenvalue weighted by Gasteiger charge is 2.16. The van der Waals surface area contributed by atoms with Crippen LogP contribution in [0.5, 0.6) is 0 Å². The lowest BCUT2D eigenvalue weighted by Crippen LogP contribution is -2.35. The SMILES string of the molecule is CN1CCCC(CNc2ccc(Br)c(F)c2)C1. The van der Waals surface area contributed by atoms with Crippen molar-refractivity contribution in [2.24, 2.45) is 5.92 Å². The Morgan fingerprint density at radius 3 is 3.06 bits per heavy atom. The van der Waals surface area contributed by atoms with Gasteiger partial charge in [0, 0.05) is 18.8 Å². The lowest BCUT2D eigenvalue weighted by molar-refractivity contribution is 0.217. The van der Waals surface area contributed by atoms with Crippen LogP contribution in [-0.4, -0.2) is 31.6 Å². The number of anilines is 1. The van der Waals surface area contributed by atoms with E-state index < -0.39 is 0 Å². The summed E-state index contributed by atoms with van der Waals surface area (Å²) in [7, 11) is 2.16. The number of benzene rings is 1. The molecule has 1 aliphatic rings. The van der Waals surface area contributed by atoms with E-state index in [-0.39, 0.29) is 5.82 Å². The van der Waals surface area contributed by atoms with Crippen LogP contribution in [0.25, 0.3) is 0 Å². The molecule has 1 aliphatic heterocycles. The Bertz CT molecular complexity index is 384. The van der Waals surface area contributed by atoms with Gasteiger partial charge < -0.3 is 10.2 Å². The Hall–Kier alpha value is -0.610. The largest absolute Gasteiger partial charge is 0.385 e. The molecule has 0 saturated carbocycles. The van der Waals surface area contributed by atoms with Gasteiger partial charge in [-0.1, -0.05) is 0 Å². The van der Waals surface area contributed by atoms with Crippen molar-refractivity contribution >= 4 is 21.6 Å². The van der Waals surface area contributed by atoms with E-state index in [4.69, 9.17) is 0 Å². The number of piperidine rings is 1. The van der Waals surface area contributed by atoms with Gasteiger partial charge in [-0.3, -0.25) is 0 Å². The molecule has 17 heavy (non-hydrogen) atoms. The Labute approximate surface area is 110 Å². The van der Waals surface area contributed by atoms with Crippen molar-refractivity contribution in [1.29, 1.82) is 0 Å². The van der Waals surface area contributed by atoms with Crippen molar-refractivity contribution in [3.8, 4) is 0 Å². The van der Waals surface area contributed by atoms with Crippen LogP contribution in [0.15, 0.2) is 22.7 Å². The van der Waals surface area contributed by atoms with Gasteiger partial charge in [0.25, 0.3) is 0 Å². The van der Waals surface area contributed by atoms with Crippen molar-refractivity contribution in [2.45, 2.75) is 12.8 Å². The minimum absolute atomic E-state index is 0.212. The maximum atomic E-state index is 13.3. The molecule has 1 fully saturated rings. The number of rotatable bonds is 3. The summed E-state index contributed by atoms with van der Waals surface area (Å²) in [6.07, 6.45) is 2.52. The molecule has 2 rings (SSSR count). The summed E-state index contributed by atoms with van der Waals surface area (Å²) in [4.78, 5) is 2.36. The summed E-state index contributed by atoms with van der Waals surface area (Å²) in [5.74, 6) is 0.455. The minimum Gasteiger partial charge on any atom is -0.385 e. The van der Waals surface area contributed by atoms with Crippen LogP contribution >= 0.6 is 15.9 Å². The molecule has 0 spiro atoms. The number of hydrogen-bond donors (Lipinski definition) is 1. The van der Waals surface area contributed by atoms with E-state index in [9.17, 15) is 4.39 Å². The first-order valence-electron chi connectivity index (χ1n) is 6.02. The number of nitrogens with one attached hydrogen (secondary N) is 1. The van der Waals surface area contributed by atoms with Crippen molar-refractivity contribution in [2.75, 3.05) is 32.0 Å². The average Bonchev–Trinajstić information content (AvgIpc) is 2.31. The van der Waals surface area contributed by atoms with Crippen molar-refractivity contribution in [3.05, 3.63) is 28.5 Å². The fraction of sp³-hybridized carbons (Fsp3) is 0.538. The van der Waals surface area contributed by atoms with Gasteiger partial charge >= 0.3 is 0 Å². The van der Waals surface area contributed by atoms with Gasteiger partial charge in [0.1, 0.15) is 5.82 Å². The standard InChI is InChI=1S/C13H18BrFN2/c1-17-6-2-3-10(9-17)8-16-11-4-5-12(14)13(15)7-11/h4-5,7,10,16H,2-3,6,8-9H2,1H3. The molecule has 94 valence electrons. The van der Waals surface area contributed by atoms with Crippen LogP contribution < -0.4 is 5.32 Å². The molecule has 1 saturated heterocycles. The third-order valence-electron chi connectivity index (χ3n) is 3.24. The van der Waals surface area contributed by atoms with Crippen LogP contribution in [0.2, 0.25) is 0 Å². The smallest absolute Gasteiger partial charge is 0.139 e. The van der Waals surface area contributed by atoms with Crippen LogP contribution in [0.1, 0.15) is 12.8 Å². The molecule has 1 aromatic carbocycles. The highest BCUT2D eigenvalue weighted by molar-refractivity contribution is 9.10. The molecule has 0 amide bonds. The van der Waals surface area contributed by atoms with Gasteiger partial charge in [-0.2, -0.15) is 0 Å². The predicted octanol–water partition coefficient (Wildman–Crippen LogP) is 3.34. The quantitative estimate of drug-likeness (QED) is 0.921. The van der Waals surface area contributed by atoms with Crippen LogP contribution in [0.3, 0.4) is 0 Å². The molecule has 0 radical (unpaired) electrons. The number of hydrogen-bond acceptors (Lipinski definition) is 2. The topological polar surface area (TPSA) is 15.3 Å². The zero-order valence-corrected chi connectivity index (χ0v) is 11.6. The summed E-state index contributed by atoms with van der Waals surface area (Å²) in [6, 6.07) is 5.18. The third kappa shape index (κ3) is 3.68. The monoisotopic (exact) mass is 300 g/mol. The van der Waals surface area contributed by atoms with Crippen molar-refractivity contribution < 1.29 is 4.39 Å². The Kier molecular flexibility index (Phi) is 4.40. The van der Waals surface area contributed by atoms with Crippen LogP contribution in [0, 0.1) is 11.7 Å². The highest BCUT2D eigenvalue weighted by Crippen LogP contribution is 2.21. The zero-order valence-electron chi connectivity index (χ0n) is 10.0. The minimum atomic E-state index is -0.212. The van der Waals surface area contributed by atoms with Gasteiger partial charge in [0.15, 0.2) is 0 Å². The molecular weight excluding hydrogens is 283 g/mol. The first kappa shape index (κ1) is 12.8. The van der Waals surface area contributed by atoms with E-state index in [0.29, 0.717) is 10.4 Å². The van der Waals surface area contributed by atoms with E-state index in [1.54, 1.807) is 6.07 Å².